The predicted molar refractivity (Wildman–Crippen MR) is 87.8 cm³/mol. The molecule has 0 radical (unpaired) electrons. The lowest BCUT2D eigenvalue weighted by molar-refractivity contribution is -0.117. The molecule has 0 bridgehead atoms. The van der Waals surface area contributed by atoms with E-state index in [9.17, 15) is 4.79 Å². The third-order valence-electron chi connectivity index (χ3n) is 4.91. The van der Waals surface area contributed by atoms with Gasteiger partial charge in [0, 0.05) is 43.9 Å². The molecule has 4 rings (SSSR count). The number of aromatic nitrogens is 2. The fraction of sp³-hybridized carbons (Fsp3) is 0.389. The Morgan fingerprint density at radius 3 is 2.87 bits per heavy atom. The van der Waals surface area contributed by atoms with Gasteiger partial charge in [-0.15, -0.1) is 0 Å². The lowest BCUT2D eigenvalue weighted by Crippen LogP contribution is -2.31. The highest BCUT2D eigenvalue weighted by Crippen LogP contribution is 2.41. The van der Waals surface area contributed by atoms with Crippen LogP contribution in [0.1, 0.15) is 18.5 Å². The molecule has 4 heterocycles. The highest BCUT2D eigenvalue weighted by Gasteiger charge is 2.47. The van der Waals surface area contributed by atoms with E-state index in [1.807, 2.05) is 35.4 Å². The van der Waals surface area contributed by atoms with Gasteiger partial charge >= 0.3 is 0 Å². The molecule has 2 saturated heterocycles. The molecule has 0 aliphatic carbocycles. The van der Waals surface area contributed by atoms with Crippen LogP contribution in [-0.4, -0.2) is 40.4 Å². The zero-order valence-corrected chi connectivity index (χ0v) is 13.1. The van der Waals surface area contributed by atoms with Crippen molar-refractivity contribution in [2.75, 3.05) is 24.5 Å². The quantitative estimate of drug-likeness (QED) is 0.871. The van der Waals surface area contributed by atoms with Crippen molar-refractivity contribution in [2.45, 2.75) is 19.4 Å². The van der Waals surface area contributed by atoms with E-state index in [0.717, 1.165) is 44.0 Å². The van der Waals surface area contributed by atoms with Crippen molar-refractivity contribution in [2.24, 2.45) is 5.41 Å². The van der Waals surface area contributed by atoms with Gasteiger partial charge in [-0.2, -0.15) is 0 Å². The minimum atomic E-state index is 0.0850. The zero-order valence-electron chi connectivity index (χ0n) is 13.1. The Labute approximate surface area is 136 Å². The first-order chi connectivity index (χ1) is 11.2. The fourth-order valence-corrected chi connectivity index (χ4v) is 3.80. The van der Waals surface area contributed by atoms with E-state index in [1.165, 1.54) is 0 Å². The minimum Gasteiger partial charge on any atom is -0.310 e. The van der Waals surface area contributed by atoms with Gasteiger partial charge in [-0.1, -0.05) is 6.07 Å². The SMILES string of the molecule is O=C1CC2(CCN(Cc3ccccn3)C2)CN1c1cccnc1. The van der Waals surface area contributed by atoms with Gasteiger partial charge in [-0.25, -0.2) is 0 Å². The normalized spacial score (nSPS) is 24.7. The third kappa shape index (κ3) is 2.84. The van der Waals surface area contributed by atoms with E-state index in [0.29, 0.717) is 6.42 Å². The topological polar surface area (TPSA) is 49.3 Å². The van der Waals surface area contributed by atoms with Crippen LogP contribution in [0, 0.1) is 5.41 Å². The molecule has 1 amide bonds. The van der Waals surface area contributed by atoms with Crippen LogP contribution >= 0.6 is 0 Å². The molecule has 23 heavy (non-hydrogen) atoms. The van der Waals surface area contributed by atoms with Gasteiger partial charge in [0.1, 0.15) is 0 Å². The second kappa shape index (κ2) is 5.74. The zero-order chi connectivity index (χ0) is 15.7. The maximum Gasteiger partial charge on any atom is 0.227 e. The van der Waals surface area contributed by atoms with Crippen molar-refractivity contribution in [1.29, 1.82) is 0 Å². The van der Waals surface area contributed by atoms with E-state index >= 15 is 0 Å². The number of hydrogen-bond acceptors (Lipinski definition) is 4. The minimum absolute atomic E-state index is 0.0850. The Kier molecular flexibility index (Phi) is 3.58. The summed E-state index contributed by atoms with van der Waals surface area (Å²) < 4.78 is 0. The van der Waals surface area contributed by atoms with Crippen LogP contribution in [0.2, 0.25) is 0 Å². The molecule has 5 nitrogen and oxygen atoms in total. The molecule has 1 unspecified atom stereocenters. The van der Waals surface area contributed by atoms with E-state index < -0.39 is 0 Å². The van der Waals surface area contributed by atoms with Crippen molar-refractivity contribution >= 4 is 11.6 Å². The Morgan fingerprint density at radius 2 is 2.09 bits per heavy atom. The first kappa shape index (κ1) is 14.3. The van der Waals surface area contributed by atoms with Gasteiger partial charge in [0.05, 0.1) is 17.6 Å². The Balaban J connectivity index is 1.45. The molecule has 0 saturated carbocycles. The monoisotopic (exact) mass is 308 g/mol. The van der Waals surface area contributed by atoms with Crippen LogP contribution in [0.4, 0.5) is 5.69 Å². The van der Waals surface area contributed by atoms with Crippen LogP contribution < -0.4 is 4.90 Å². The van der Waals surface area contributed by atoms with E-state index in [2.05, 4.69) is 20.9 Å². The number of likely N-dealkylation sites (tertiary alicyclic amines) is 1. The first-order valence-corrected chi connectivity index (χ1v) is 8.07. The summed E-state index contributed by atoms with van der Waals surface area (Å²) >= 11 is 0. The molecule has 0 aromatic carbocycles. The second-order valence-corrected chi connectivity index (χ2v) is 6.65. The smallest absolute Gasteiger partial charge is 0.227 e. The molecule has 2 aliphatic heterocycles. The summed E-state index contributed by atoms with van der Waals surface area (Å²) in [6.07, 6.45) is 7.06. The molecule has 1 atom stereocenters. The van der Waals surface area contributed by atoms with Gasteiger partial charge in [0.2, 0.25) is 5.91 Å². The van der Waals surface area contributed by atoms with Crippen molar-refractivity contribution < 1.29 is 4.79 Å². The Morgan fingerprint density at radius 1 is 1.13 bits per heavy atom. The van der Waals surface area contributed by atoms with Crippen molar-refractivity contribution in [3.05, 3.63) is 54.6 Å². The number of anilines is 1. The summed E-state index contributed by atoms with van der Waals surface area (Å²) in [5, 5.41) is 0. The third-order valence-corrected chi connectivity index (χ3v) is 4.91. The molecule has 0 N–H and O–H groups in total. The van der Waals surface area contributed by atoms with Gasteiger partial charge in [-0.3, -0.25) is 19.7 Å². The standard InChI is InChI=1S/C18H20N4O/c23-17-10-18(14-22(17)16-5-3-7-19-11-16)6-9-21(13-18)12-15-4-1-2-8-20-15/h1-5,7-8,11H,6,9-10,12-14H2. The summed E-state index contributed by atoms with van der Waals surface area (Å²) in [4.78, 5) is 25.3. The molecule has 5 heteroatoms. The fourth-order valence-electron chi connectivity index (χ4n) is 3.80. The largest absolute Gasteiger partial charge is 0.310 e. The second-order valence-electron chi connectivity index (χ2n) is 6.65. The number of nitrogens with zero attached hydrogens (tertiary/aromatic N) is 4. The summed E-state index contributed by atoms with van der Waals surface area (Å²) in [6.45, 7) is 3.66. The number of carbonyl (C=O) groups is 1. The van der Waals surface area contributed by atoms with Crippen molar-refractivity contribution in [3.8, 4) is 0 Å². The predicted octanol–water partition coefficient (Wildman–Crippen LogP) is 2.11. The molecule has 118 valence electrons. The van der Waals surface area contributed by atoms with E-state index in [4.69, 9.17) is 0 Å². The van der Waals surface area contributed by atoms with Gasteiger partial charge in [-0.05, 0) is 37.2 Å². The Hall–Kier alpha value is -2.27. The number of carbonyl (C=O) groups excluding carboxylic acids is 1. The van der Waals surface area contributed by atoms with Crippen molar-refractivity contribution in [1.82, 2.24) is 14.9 Å². The maximum atomic E-state index is 12.5. The molecule has 2 fully saturated rings. The van der Waals surface area contributed by atoms with E-state index in [1.54, 1.807) is 12.4 Å². The molecular formula is C18H20N4O. The molecular weight excluding hydrogens is 288 g/mol. The maximum absolute atomic E-state index is 12.5. The average molecular weight is 308 g/mol. The van der Waals surface area contributed by atoms with Crippen molar-refractivity contribution in [3.63, 3.8) is 0 Å². The highest BCUT2D eigenvalue weighted by atomic mass is 16.2. The number of rotatable bonds is 3. The summed E-state index contributed by atoms with van der Waals surface area (Å²) in [7, 11) is 0. The van der Waals surface area contributed by atoms with E-state index in [-0.39, 0.29) is 11.3 Å². The first-order valence-electron chi connectivity index (χ1n) is 8.07. The van der Waals surface area contributed by atoms with Crippen LogP contribution in [0.25, 0.3) is 0 Å². The molecule has 2 aromatic heterocycles. The Bertz CT molecular complexity index is 691. The summed E-state index contributed by atoms with van der Waals surface area (Å²) in [6, 6.07) is 9.88. The summed E-state index contributed by atoms with van der Waals surface area (Å²) in [5.74, 6) is 0.220. The lowest BCUT2D eigenvalue weighted by atomic mass is 9.86. The number of amides is 1. The lowest BCUT2D eigenvalue weighted by Gasteiger charge is -2.24. The van der Waals surface area contributed by atoms with Gasteiger partial charge in [0.25, 0.3) is 0 Å². The van der Waals surface area contributed by atoms with Gasteiger partial charge in [0.15, 0.2) is 0 Å². The highest BCUT2D eigenvalue weighted by molar-refractivity contribution is 5.96. The molecule has 2 aromatic rings. The molecule has 1 spiro atoms. The van der Waals surface area contributed by atoms with Gasteiger partial charge < -0.3 is 4.90 Å². The molecule has 2 aliphatic rings. The van der Waals surface area contributed by atoms with Crippen LogP contribution in [0.3, 0.4) is 0 Å². The van der Waals surface area contributed by atoms with Crippen LogP contribution in [-0.2, 0) is 11.3 Å². The average Bonchev–Trinajstić information content (AvgIpc) is 3.12. The summed E-state index contributed by atoms with van der Waals surface area (Å²) in [5.41, 5.74) is 2.09. The van der Waals surface area contributed by atoms with Crippen LogP contribution in [0.15, 0.2) is 48.9 Å². The number of hydrogen-bond donors (Lipinski definition) is 0. The number of pyridine rings is 2. The van der Waals surface area contributed by atoms with Crippen LogP contribution in [0.5, 0.6) is 0 Å².